The molecule has 0 saturated carbocycles. The number of nitrogens with zero attached hydrogens (tertiary/aromatic N) is 2. The highest BCUT2D eigenvalue weighted by Crippen LogP contribution is 2.63. The van der Waals surface area contributed by atoms with Gasteiger partial charge in [-0.2, -0.15) is 8.78 Å². The first-order valence-electron chi connectivity index (χ1n) is 13.7. The number of ether oxygens (including phenoxy) is 4. The molecule has 9 atom stereocenters. The largest absolute Gasteiger partial charge is 0.376 e. The first-order chi connectivity index (χ1) is 20.1. The SMILES string of the molecule is [2H]C[C@H]1O[C@@H](n2cc(C)c(=O)[nH]c2=O)[C@H](OC)[C@@H]1OP(C)(=O)C(F)(F)C[C@H]1O[C@@H](n2cc(C)c(=O)[nH]c2=O)[C@H](OC)[C@@H]1C. The fraction of sp³-hybridized carbons (Fsp3) is 0.680. The zero-order valence-corrected chi connectivity index (χ0v) is 24.8. The summed E-state index contributed by atoms with van der Waals surface area (Å²) in [4.78, 5) is 52.9. The van der Waals surface area contributed by atoms with Gasteiger partial charge in [-0.05, 0) is 20.7 Å². The van der Waals surface area contributed by atoms with E-state index in [0.29, 0.717) is 0 Å². The van der Waals surface area contributed by atoms with Gasteiger partial charge in [-0.1, -0.05) is 6.92 Å². The average Bonchev–Trinajstić information content (AvgIpc) is 3.43. The van der Waals surface area contributed by atoms with Gasteiger partial charge in [0.05, 0.1) is 12.2 Å². The molecule has 2 aliphatic rings. The van der Waals surface area contributed by atoms with Gasteiger partial charge in [0.1, 0.15) is 18.3 Å². The molecule has 2 saturated heterocycles. The van der Waals surface area contributed by atoms with Crippen molar-refractivity contribution in [1.82, 2.24) is 19.1 Å². The summed E-state index contributed by atoms with van der Waals surface area (Å²) in [5, 5.41) is 0. The Morgan fingerprint density at radius 3 is 1.93 bits per heavy atom. The van der Waals surface area contributed by atoms with E-state index >= 15 is 8.78 Å². The molecule has 2 aromatic rings. The highest BCUT2D eigenvalue weighted by Gasteiger charge is 2.57. The van der Waals surface area contributed by atoms with Crippen LogP contribution < -0.4 is 22.5 Å². The maximum Gasteiger partial charge on any atom is 0.330 e. The lowest BCUT2D eigenvalue weighted by Gasteiger charge is -2.31. The topological polar surface area (TPSA) is 173 Å². The lowest BCUT2D eigenvalue weighted by molar-refractivity contribution is -0.0738. The lowest BCUT2D eigenvalue weighted by Crippen LogP contribution is -2.40. The minimum atomic E-state index is -4.87. The van der Waals surface area contributed by atoms with E-state index in [1.807, 2.05) is 0 Å². The van der Waals surface area contributed by atoms with E-state index in [2.05, 4.69) is 9.97 Å². The normalized spacial score (nSPS) is 31.7. The molecule has 1 unspecified atom stereocenters. The molecule has 0 aliphatic carbocycles. The number of hydrogen-bond acceptors (Lipinski definition) is 10. The summed E-state index contributed by atoms with van der Waals surface area (Å²) >= 11 is 0. The van der Waals surface area contributed by atoms with E-state index in [1.165, 1.54) is 40.5 Å². The zero-order chi connectivity index (χ0) is 32.0. The third-order valence-corrected chi connectivity index (χ3v) is 9.75. The van der Waals surface area contributed by atoms with Gasteiger partial charge in [-0.15, -0.1) is 0 Å². The number of alkyl halides is 2. The van der Waals surface area contributed by atoms with Gasteiger partial charge in [0.25, 0.3) is 18.5 Å². The minimum absolute atomic E-state index is 0.162. The van der Waals surface area contributed by atoms with Gasteiger partial charge in [0, 0.05) is 58.1 Å². The smallest absolute Gasteiger partial charge is 0.330 e. The molecule has 42 heavy (non-hydrogen) atoms. The van der Waals surface area contributed by atoms with Crippen LogP contribution in [0.1, 0.15) is 45.2 Å². The fourth-order valence-electron chi connectivity index (χ4n) is 5.22. The van der Waals surface area contributed by atoms with Crippen LogP contribution in [0.3, 0.4) is 0 Å². The molecule has 0 spiro atoms. The Bertz CT molecular complexity index is 1630. The van der Waals surface area contributed by atoms with Crippen molar-refractivity contribution in [3.05, 3.63) is 65.2 Å². The minimum Gasteiger partial charge on any atom is -0.376 e. The zero-order valence-electron chi connectivity index (χ0n) is 24.9. The molecule has 0 aromatic carbocycles. The van der Waals surface area contributed by atoms with Crippen molar-refractivity contribution in [1.29, 1.82) is 0 Å². The summed E-state index contributed by atoms with van der Waals surface area (Å²) in [6, 6.07) is 0. The van der Waals surface area contributed by atoms with Gasteiger partial charge in [-0.3, -0.25) is 33.3 Å². The highest BCUT2D eigenvalue weighted by molar-refractivity contribution is 7.59. The second-order valence-corrected chi connectivity index (χ2v) is 13.2. The lowest BCUT2D eigenvalue weighted by atomic mass is 9.98. The number of hydrogen-bond donors (Lipinski definition) is 2. The number of aromatic nitrogens is 4. The third-order valence-electron chi connectivity index (χ3n) is 7.73. The molecule has 17 heteroatoms. The van der Waals surface area contributed by atoms with Crippen molar-refractivity contribution >= 4 is 7.37 Å². The van der Waals surface area contributed by atoms with E-state index in [9.17, 15) is 23.7 Å². The Hall–Kier alpha value is -2.75. The molecule has 234 valence electrons. The van der Waals surface area contributed by atoms with Gasteiger partial charge >= 0.3 is 17.0 Å². The Morgan fingerprint density at radius 1 is 0.952 bits per heavy atom. The Balaban J connectivity index is 1.58. The molecule has 4 rings (SSSR count). The van der Waals surface area contributed by atoms with Gasteiger partial charge < -0.3 is 23.5 Å². The van der Waals surface area contributed by atoms with Crippen molar-refractivity contribution in [3.8, 4) is 0 Å². The van der Waals surface area contributed by atoms with Gasteiger partial charge in [0.2, 0.25) is 0 Å². The molecule has 2 aromatic heterocycles. The van der Waals surface area contributed by atoms with Crippen molar-refractivity contribution in [2.75, 3.05) is 20.9 Å². The van der Waals surface area contributed by atoms with Crippen LogP contribution in [0.5, 0.6) is 0 Å². The average molecular weight is 622 g/mol. The Kier molecular flexibility index (Phi) is 8.58. The predicted octanol–water partition coefficient (Wildman–Crippen LogP) is 1.46. The van der Waals surface area contributed by atoms with Crippen molar-refractivity contribution in [2.45, 2.75) is 82.7 Å². The highest BCUT2D eigenvalue weighted by atomic mass is 31.2. The quantitative estimate of drug-likeness (QED) is 0.391. The van der Waals surface area contributed by atoms with E-state index < -0.39 is 97.7 Å². The second-order valence-electron chi connectivity index (χ2n) is 10.6. The number of aromatic amines is 2. The molecule has 4 heterocycles. The maximum atomic E-state index is 15.8. The van der Waals surface area contributed by atoms with Crippen LogP contribution in [0.25, 0.3) is 0 Å². The van der Waals surface area contributed by atoms with Gasteiger partial charge in [-0.25, -0.2) is 9.59 Å². The van der Waals surface area contributed by atoms with E-state index in [0.717, 1.165) is 15.8 Å². The van der Waals surface area contributed by atoms with Crippen LogP contribution in [-0.2, 0) is 28.0 Å². The summed E-state index contributed by atoms with van der Waals surface area (Å²) in [5.74, 6) is -0.706. The van der Waals surface area contributed by atoms with Crippen LogP contribution in [0.15, 0.2) is 31.6 Å². The first kappa shape index (κ1) is 30.7. The molecule has 2 N–H and O–H groups in total. The summed E-state index contributed by atoms with van der Waals surface area (Å²) < 4.78 is 83.2. The summed E-state index contributed by atoms with van der Waals surface area (Å²) in [7, 11) is -2.33. The molecule has 2 fully saturated rings. The molecule has 0 bridgehead atoms. The van der Waals surface area contributed by atoms with E-state index in [1.54, 1.807) is 6.92 Å². The van der Waals surface area contributed by atoms with E-state index in [4.69, 9.17) is 24.8 Å². The Morgan fingerprint density at radius 2 is 1.45 bits per heavy atom. The number of H-pyrrole nitrogens is 2. The number of halogens is 2. The molecular weight excluding hydrogens is 585 g/mol. The summed E-state index contributed by atoms with van der Waals surface area (Å²) in [6.45, 7) is 4.74. The molecule has 0 amide bonds. The molecule has 14 nitrogen and oxygen atoms in total. The van der Waals surface area contributed by atoms with Crippen LogP contribution >= 0.6 is 7.37 Å². The van der Waals surface area contributed by atoms with Crippen LogP contribution in [0.2, 0.25) is 0 Å². The van der Waals surface area contributed by atoms with Crippen LogP contribution in [0, 0.1) is 19.8 Å². The van der Waals surface area contributed by atoms with Crippen molar-refractivity contribution in [2.24, 2.45) is 5.92 Å². The van der Waals surface area contributed by atoms with Crippen molar-refractivity contribution in [3.63, 3.8) is 0 Å². The standard InChI is InChI=1S/C25H35F2N4O10P/c1-11-9-30(23(34)28-19(11)32)21-16(37-5)13(3)15(40-21)8-25(26,27)42(7,36)41-17-14(4)39-22(18(17)38-6)31-10-12(2)20(33)29-24(31)35/h9-10,13-18,21-22H,8H2,1-7H3,(H,28,32,34)(H,29,33,35)/t13-,14-,15-,16-,17-,18-,21-,22-,42?/m1/s1/i4D. The van der Waals surface area contributed by atoms with Gasteiger partial charge in [0.15, 0.2) is 12.5 Å². The van der Waals surface area contributed by atoms with E-state index in [-0.39, 0.29) is 11.1 Å². The molecule has 2 aliphatic heterocycles. The number of rotatable bonds is 9. The third kappa shape index (κ3) is 5.75. The summed E-state index contributed by atoms with van der Waals surface area (Å²) in [6.07, 6.45) is -7.08. The number of nitrogens with one attached hydrogen (secondary N) is 2. The van der Waals surface area contributed by atoms with Crippen LogP contribution in [-0.4, -0.2) is 76.2 Å². The number of aryl methyl sites for hydroxylation is 2. The Labute approximate surface area is 239 Å². The predicted molar refractivity (Wildman–Crippen MR) is 144 cm³/mol. The van der Waals surface area contributed by atoms with Crippen molar-refractivity contribution < 1.29 is 38.2 Å². The van der Waals surface area contributed by atoms with Crippen LogP contribution in [0.4, 0.5) is 8.78 Å². The maximum absolute atomic E-state index is 15.8. The second kappa shape index (κ2) is 11.7. The first-order valence-corrected chi connectivity index (χ1v) is 15.1. The molecule has 0 radical (unpaired) electrons. The summed E-state index contributed by atoms with van der Waals surface area (Å²) in [5.41, 5.74) is -6.52. The number of methoxy groups -OCH3 is 2. The monoisotopic (exact) mass is 621 g/mol. The molecular formula is C25H35F2N4O10P. The fourth-order valence-corrected chi connectivity index (χ4v) is 6.60.